The van der Waals surface area contributed by atoms with E-state index in [0.29, 0.717) is 16.9 Å². The van der Waals surface area contributed by atoms with E-state index in [9.17, 15) is 9.59 Å². The predicted molar refractivity (Wildman–Crippen MR) is 79.9 cm³/mol. The van der Waals surface area contributed by atoms with Gasteiger partial charge in [0.1, 0.15) is 0 Å². The lowest BCUT2D eigenvalue weighted by Crippen LogP contribution is -2.13. The van der Waals surface area contributed by atoms with Crippen molar-refractivity contribution in [3.8, 4) is 0 Å². The smallest absolute Gasteiger partial charge is 0.255 e. The number of aryl methyl sites for hydroxylation is 1. The Morgan fingerprint density at radius 2 is 1.65 bits per heavy atom. The summed E-state index contributed by atoms with van der Waals surface area (Å²) in [6.45, 7) is 3.35. The van der Waals surface area contributed by atoms with Crippen LogP contribution in [0.2, 0.25) is 0 Å². The van der Waals surface area contributed by atoms with Crippen LogP contribution in [-0.4, -0.2) is 11.8 Å². The van der Waals surface area contributed by atoms with Gasteiger partial charge >= 0.3 is 0 Å². The summed E-state index contributed by atoms with van der Waals surface area (Å²) in [6, 6.07) is 14.4. The molecule has 20 heavy (non-hydrogen) atoms. The minimum atomic E-state index is -0.173. The summed E-state index contributed by atoms with van der Waals surface area (Å²) < 4.78 is 0. The van der Waals surface area contributed by atoms with E-state index in [2.05, 4.69) is 10.6 Å². The van der Waals surface area contributed by atoms with Crippen molar-refractivity contribution in [1.82, 2.24) is 0 Å². The number of nitrogens with one attached hydrogen (secondary N) is 2. The monoisotopic (exact) mass is 268 g/mol. The fourth-order valence-electron chi connectivity index (χ4n) is 1.82. The van der Waals surface area contributed by atoms with Crippen LogP contribution in [0.3, 0.4) is 0 Å². The molecule has 0 fully saturated rings. The first kappa shape index (κ1) is 13.8. The van der Waals surface area contributed by atoms with Crippen LogP contribution in [0.25, 0.3) is 0 Å². The molecule has 0 aliphatic carbocycles. The fourth-order valence-corrected chi connectivity index (χ4v) is 1.82. The van der Waals surface area contributed by atoms with E-state index in [1.165, 1.54) is 6.92 Å². The number of carbonyl (C=O) groups excluding carboxylic acids is 2. The Balaban J connectivity index is 2.20. The molecule has 4 heteroatoms. The van der Waals surface area contributed by atoms with Crippen LogP contribution < -0.4 is 10.6 Å². The molecule has 102 valence electrons. The molecule has 2 amide bonds. The van der Waals surface area contributed by atoms with Gasteiger partial charge in [-0.3, -0.25) is 9.59 Å². The van der Waals surface area contributed by atoms with E-state index in [1.54, 1.807) is 24.3 Å². The van der Waals surface area contributed by atoms with Crippen LogP contribution in [0.5, 0.6) is 0 Å². The van der Waals surface area contributed by atoms with Crippen LogP contribution >= 0.6 is 0 Å². The highest BCUT2D eigenvalue weighted by atomic mass is 16.2. The third-order valence-corrected chi connectivity index (χ3v) is 2.84. The largest absolute Gasteiger partial charge is 0.326 e. The van der Waals surface area contributed by atoms with Crippen molar-refractivity contribution in [3.05, 3.63) is 59.7 Å². The van der Waals surface area contributed by atoms with Crippen LogP contribution in [0.4, 0.5) is 11.4 Å². The van der Waals surface area contributed by atoms with E-state index < -0.39 is 0 Å². The first-order chi connectivity index (χ1) is 9.56. The summed E-state index contributed by atoms with van der Waals surface area (Å²) in [6.07, 6.45) is 0. The van der Waals surface area contributed by atoms with Gasteiger partial charge in [-0.2, -0.15) is 0 Å². The molecule has 0 heterocycles. The van der Waals surface area contributed by atoms with Gasteiger partial charge in [0, 0.05) is 23.9 Å². The number of benzene rings is 2. The van der Waals surface area contributed by atoms with Gasteiger partial charge in [0.05, 0.1) is 0 Å². The molecule has 0 unspecified atom stereocenters. The molecule has 0 aromatic heterocycles. The van der Waals surface area contributed by atoms with Gasteiger partial charge in [0.15, 0.2) is 0 Å². The average molecular weight is 268 g/mol. The minimum Gasteiger partial charge on any atom is -0.326 e. The Morgan fingerprint density at radius 3 is 2.30 bits per heavy atom. The van der Waals surface area contributed by atoms with E-state index in [1.807, 2.05) is 31.2 Å². The minimum absolute atomic E-state index is 0.144. The molecule has 0 radical (unpaired) electrons. The Bertz CT molecular complexity index is 636. The van der Waals surface area contributed by atoms with Gasteiger partial charge in [0.2, 0.25) is 5.91 Å². The highest BCUT2D eigenvalue weighted by Gasteiger charge is 2.08. The SMILES string of the molecule is CC(=O)Nc1ccc(C)c(NC(=O)c2ccccc2)c1. The van der Waals surface area contributed by atoms with Crippen molar-refractivity contribution in [2.24, 2.45) is 0 Å². The lowest BCUT2D eigenvalue weighted by molar-refractivity contribution is -0.114. The van der Waals surface area contributed by atoms with Gasteiger partial charge in [-0.1, -0.05) is 24.3 Å². The van der Waals surface area contributed by atoms with E-state index in [4.69, 9.17) is 0 Å². The molecule has 0 saturated carbocycles. The van der Waals surface area contributed by atoms with Crippen molar-refractivity contribution in [3.63, 3.8) is 0 Å². The maximum Gasteiger partial charge on any atom is 0.255 e. The van der Waals surface area contributed by atoms with Gasteiger partial charge in [-0.25, -0.2) is 0 Å². The van der Waals surface area contributed by atoms with Gasteiger partial charge in [-0.15, -0.1) is 0 Å². The molecule has 0 saturated heterocycles. The Hall–Kier alpha value is -2.62. The standard InChI is InChI=1S/C16H16N2O2/c1-11-8-9-14(17-12(2)19)10-15(11)18-16(20)13-6-4-3-5-7-13/h3-10H,1-2H3,(H,17,19)(H,18,20). The zero-order valence-corrected chi connectivity index (χ0v) is 11.4. The zero-order valence-electron chi connectivity index (χ0n) is 11.4. The third-order valence-electron chi connectivity index (χ3n) is 2.84. The number of hydrogen-bond donors (Lipinski definition) is 2. The molecule has 0 spiro atoms. The summed E-state index contributed by atoms with van der Waals surface area (Å²) in [7, 11) is 0. The maximum atomic E-state index is 12.1. The number of hydrogen-bond acceptors (Lipinski definition) is 2. The van der Waals surface area contributed by atoms with Crippen LogP contribution in [0.1, 0.15) is 22.8 Å². The fraction of sp³-hybridized carbons (Fsp3) is 0.125. The summed E-state index contributed by atoms with van der Waals surface area (Å²) in [5.41, 5.74) is 2.87. The molecular formula is C16H16N2O2. The molecule has 2 aromatic carbocycles. The average Bonchev–Trinajstić information content (AvgIpc) is 2.43. The second-order valence-electron chi connectivity index (χ2n) is 4.53. The molecule has 2 aromatic rings. The highest BCUT2D eigenvalue weighted by molar-refractivity contribution is 6.05. The van der Waals surface area contributed by atoms with Crippen LogP contribution in [0.15, 0.2) is 48.5 Å². The van der Waals surface area contributed by atoms with Gasteiger partial charge in [0.25, 0.3) is 5.91 Å². The quantitative estimate of drug-likeness (QED) is 0.898. The molecule has 0 aliphatic heterocycles. The number of carbonyl (C=O) groups is 2. The number of rotatable bonds is 3. The molecular weight excluding hydrogens is 252 g/mol. The summed E-state index contributed by atoms with van der Waals surface area (Å²) in [5, 5.41) is 5.55. The summed E-state index contributed by atoms with van der Waals surface area (Å²) in [5.74, 6) is -0.317. The molecule has 0 aliphatic rings. The molecule has 0 bridgehead atoms. The van der Waals surface area contributed by atoms with E-state index >= 15 is 0 Å². The second kappa shape index (κ2) is 6.02. The van der Waals surface area contributed by atoms with Crippen LogP contribution in [-0.2, 0) is 4.79 Å². The van der Waals surface area contributed by atoms with E-state index in [0.717, 1.165) is 5.56 Å². The first-order valence-corrected chi connectivity index (χ1v) is 6.31. The topological polar surface area (TPSA) is 58.2 Å². The lowest BCUT2D eigenvalue weighted by Gasteiger charge is -2.11. The zero-order chi connectivity index (χ0) is 14.5. The summed E-state index contributed by atoms with van der Waals surface area (Å²) in [4.78, 5) is 23.2. The van der Waals surface area contributed by atoms with Crippen molar-refractivity contribution < 1.29 is 9.59 Å². The number of anilines is 2. The van der Waals surface area contributed by atoms with E-state index in [-0.39, 0.29) is 11.8 Å². The third kappa shape index (κ3) is 3.45. The van der Waals surface area contributed by atoms with Crippen LogP contribution in [0, 0.1) is 6.92 Å². The maximum absolute atomic E-state index is 12.1. The van der Waals surface area contributed by atoms with Crippen molar-refractivity contribution in [2.75, 3.05) is 10.6 Å². The van der Waals surface area contributed by atoms with Gasteiger partial charge in [-0.05, 0) is 36.8 Å². The van der Waals surface area contributed by atoms with Crippen molar-refractivity contribution in [2.45, 2.75) is 13.8 Å². The van der Waals surface area contributed by atoms with Crippen molar-refractivity contribution in [1.29, 1.82) is 0 Å². The Labute approximate surface area is 117 Å². The van der Waals surface area contributed by atoms with Gasteiger partial charge < -0.3 is 10.6 Å². The normalized spacial score (nSPS) is 9.90. The number of amides is 2. The molecule has 4 nitrogen and oxygen atoms in total. The lowest BCUT2D eigenvalue weighted by atomic mass is 10.1. The highest BCUT2D eigenvalue weighted by Crippen LogP contribution is 2.21. The first-order valence-electron chi connectivity index (χ1n) is 6.31. The molecule has 0 atom stereocenters. The summed E-state index contributed by atoms with van der Waals surface area (Å²) >= 11 is 0. The molecule has 2 N–H and O–H groups in total. The van der Waals surface area contributed by atoms with Crippen molar-refractivity contribution >= 4 is 23.2 Å². The molecule has 2 rings (SSSR count). The Morgan fingerprint density at radius 1 is 0.950 bits per heavy atom. The Kier molecular flexibility index (Phi) is 4.15. The second-order valence-corrected chi connectivity index (χ2v) is 4.53. The predicted octanol–water partition coefficient (Wildman–Crippen LogP) is 3.21.